The summed E-state index contributed by atoms with van der Waals surface area (Å²) in [5.74, 6) is 0. The molecule has 53 heavy (non-hydrogen) atoms. The smallest absolute Gasteiger partial charge is 0.0440 e. The number of fused-ring (bicyclic) bond motifs is 10. The average Bonchev–Trinajstić information content (AvgIpc) is 3.63. The summed E-state index contributed by atoms with van der Waals surface area (Å²) in [6, 6.07) is 71.6. The van der Waals surface area contributed by atoms with Crippen LogP contribution in [0.25, 0.3) is 108 Å². The molecule has 0 radical (unpaired) electrons. The van der Waals surface area contributed by atoms with Crippen molar-refractivity contribution in [3.05, 3.63) is 194 Å². The number of benzene rings is 10. The number of rotatable bonds is 4. The van der Waals surface area contributed by atoms with Crippen molar-refractivity contribution in [2.24, 2.45) is 0 Å². The molecule has 0 aliphatic rings. The van der Waals surface area contributed by atoms with Crippen molar-refractivity contribution >= 4 is 74.6 Å². The first kappa shape index (κ1) is 30.1. The Hall–Kier alpha value is -6.54. The van der Waals surface area contributed by atoms with Crippen LogP contribution in [0.5, 0.6) is 0 Å². The zero-order chi connectivity index (χ0) is 34.9. The summed E-state index contributed by atoms with van der Waals surface area (Å²) in [5, 5.41) is 13.0. The first-order valence-electron chi connectivity index (χ1n) is 18.3. The highest BCUT2D eigenvalue weighted by atomic mass is 32.1. The van der Waals surface area contributed by atoms with Gasteiger partial charge in [-0.05, 0) is 106 Å². The van der Waals surface area contributed by atoms with E-state index in [9.17, 15) is 0 Å². The Balaban J connectivity index is 1.11. The van der Waals surface area contributed by atoms with E-state index in [1.54, 1.807) is 0 Å². The van der Waals surface area contributed by atoms with Crippen LogP contribution in [0.3, 0.4) is 0 Å². The van der Waals surface area contributed by atoms with E-state index in [1.807, 2.05) is 11.3 Å². The predicted octanol–water partition coefficient (Wildman–Crippen LogP) is 15.3. The van der Waals surface area contributed by atoms with E-state index in [-0.39, 0.29) is 0 Å². The second-order valence-corrected chi connectivity index (χ2v) is 15.0. The zero-order valence-corrected chi connectivity index (χ0v) is 29.7. The fraction of sp³-hybridized carbons (Fsp3) is 0. The van der Waals surface area contributed by atoms with E-state index < -0.39 is 0 Å². The molecule has 11 aromatic rings. The summed E-state index contributed by atoms with van der Waals surface area (Å²) in [7, 11) is 0. The first-order chi connectivity index (χ1) is 26.3. The van der Waals surface area contributed by atoms with Crippen LogP contribution in [-0.2, 0) is 0 Å². The molecule has 1 aromatic heterocycles. The zero-order valence-electron chi connectivity index (χ0n) is 28.9. The molecule has 10 aromatic carbocycles. The minimum atomic E-state index is 1.22. The molecule has 0 atom stereocenters. The number of hydrogen-bond donors (Lipinski definition) is 0. The molecule has 11 rings (SSSR count). The molecule has 0 amide bonds. The summed E-state index contributed by atoms with van der Waals surface area (Å²) >= 11 is 1.91. The van der Waals surface area contributed by atoms with Crippen LogP contribution in [-0.4, -0.2) is 0 Å². The molecule has 0 aliphatic heterocycles. The Kier molecular flexibility index (Phi) is 6.83. The van der Waals surface area contributed by atoms with Crippen LogP contribution >= 0.6 is 11.3 Å². The monoisotopic (exact) mass is 688 g/mol. The van der Waals surface area contributed by atoms with Gasteiger partial charge in [0.2, 0.25) is 0 Å². The lowest BCUT2D eigenvalue weighted by atomic mass is 9.85. The third-order valence-electron chi connectivity index (χ3n) is 11.0. The molecule has 0 saturated carbocycles. The van der Waals surface area contributed by atoms with Crippen LogP contribution in [0.4, 0.5) is 0 Å². The van der Waals surface area contributed by atoms with Crippen LogP contribution < -0.4 is 0 Å². The van der Waals surface area contributed by atoms with Crippen molar-refractivity contribution < 1.29 is 0 Å². The molecule has 0 N–H and O–H groups in total. The second-order valence-electron chi connectivity index (χ2n) is 14.0. The molecule has 0 unspecified atom stereocenters. The number of hydrogen-bond acceptors (Lipinski definition) is 1. The van der Waals surface area contributed by atoms with Crippen LogP contribution in [0, 0.1) is 0 Å². The predicted molar refractivity (Wildman–Crippen MR) is 231 cm³/mol. The Morgan fingerprint density at radius 2 is 0.660 bits per heavy atom. The van der Waals surface area contributed by atoms with Crippen molar-refractivity contribution in [1.29, 1.82) is 0 Å². The Morgan fingerprint density at radius 3 is 1.25 bits per heavy atom. The van der Waals surface area contributed by atoms with Crippen LogP contribution in [0.1, 0.15) is 0 Å². The molecule has 0 aliphatic carbocycles. The lowest BCUT2D eigenvalue weighted by molar-refractivity contribution is 1.61. The average molecular weight is 689 g/mol. The molecular formula is C52H32S. The van der Waals surface area contributed by atoms with Gasteiger partial charge in [0.05, 0.1) is 0 Å². The highest BCUT2D eigenvalue weighted by Gasteiger charge is 2.18. The Morgan fingerprint density at radius 1 is 0.245 bits per heavy atom. The van der Waals surface area contributed by atoms with Gasteiger partial charge >= 0.3 is 0 Å². The van der Waals surface area contributed by atoms with Gasteiger partial charge in [-0.3, -0.25) is 0 Å². The fourth-order valence-electron chi connectivity index (χ4n) is 8.68. The molecular weight excluding hydrogens is 657 g/mol. The third kappa shape index (κ3) is 4.75. The van der Waals surface area contributed by atoms with Gasteiger partial charge in [-0.2, -0.15) is 0 Å². The molecule has 0 spiro atoms. The standard InChI is InChI=1S/C52H32S/c1-2-14-33(15-3-1)34-16-12-18-37(30-34)49-42-23-7-9-25-44(42)50(45-26-10-8-24-43(45)49)38-19-13-17-35(31-38)36-28-29-48-47(32-36)51-41-22-6-4-20-39(41)40-21-5-11-27-46(40)52(51)53-48/h1-32H. The molecule has 1 heterocycles. The SMILES string of the molecule is c1ccc(-c2cccc(-c3c4ccccc4c(-c4cccc(-c5ccc6sc7c8ccccc8c8ccccc8c7c6c5)c4)c4ccccc34)c2)cc1. The third-order valence-corrected chi connectivity index (χ3v) is 12.2. The van der Waals surface area contributed by atoms with Gasteiger partial charge in [-0.25, -0.2) is 0 Å². The van der Waals surface area contributed by atoms with Gasteiger partial charge in [0.15, 0.2) is 0 Å². The minimum absolute atomic E-state index is 1.22. The first-order valence-corrected chi connectivity index (χ1v) is 19.1. The van der Waals surface area contributed by atoms with Crippen molar-refractivity contribution in [3.8, 4) is 44.5 Å². The van der Waals surface area contributed by atoms with Gasteiger partial charge in [-0.15, -0.1) is 11.3 Å². The van der Waals surface area contributed by atoms with E-state index in [0.717, 1.165) is 0 Å². The fourth-order valence-corrected chi connectivity index (χ4v) is 9.91. The second kappa shape index (κ2) is 12.0. The summed E-state index contributed by atoms with van der Waals surface area (Å²) in [5.41, 5.74) is 9.93. The lowest BCUT2D eigenvalue weighted by Gasteiger charge is -2.18. The quantitative estimate of drug-likeness (QED) is 0.128. The van der Waals surface area contributed by atoms with Gasteiger partial charge in [0, 0.05) is 25.6 Å². The summed E-state index contributed by atoms with van der Waals surface area (Å²) in [6.07, 6.45) is 0. The van der Waals surface area contributed by atoms with Gasteiger partial charge < -0.3 is 0 Å². The van der Waals surface area contributed by atoms with Crippen molar-refractivity contribution in [3.63, 3.8) is 0 Å². The summed E-state index contributed by atoms with van der Waals surface area (Å²) in [6.45, 7) is 0. The maximum atomic E-state index is 2.42. The molecule has 0 saturated heterocycles. The van der Waals surface area contributed by atoms with E-state index in [0.29, 0.717) is 0 Å². The minimum Gasteiger partial charge on any atom is -0.135 e. The van der Waals surface area contributed by atoms with Crippen LogP contribution in [0.15, 0.2) is 194 Å². The normalized spacial score (nSPS) is 11.8. The van der Waals surface area contributed by atoms with Crippen LogP contribution in [0.2, 0.25) is 0 Å². The molecule has 0 nitrogen and oxygen atoms in total. The maximum absolute atomic E-state index is 2.42. The highest BCUT2D eigenvalue weighted by Crippen LogP contribution is 2.47. The van der Waals surface area contributed by atoms with Gasteiger partial charge in [0.1, 0.15) is 0 Å². The van der Waals surface area contributed by atoms with E-state index >= 15 is 0 Å². The molecule has 246 valence electrons. The van der Waals surface area contributed by atoms with Gasteiger partial charge in [0.25, 0.3) is 0 Å². The molecule has 1 heteroatoms. The van der Waals surface area contributed by atoms with E-state index in [2.05, 4.69) is 194 Å². The largest absolute Gasteiger partial charge is 0.135 e. The summed E-state index contributed by atoms with van der Waals surface area (Å²) < 4.78 is 2.69. The molecule has 0 fully saturated rings. The Labute approximate surface area is 311 Å². The summed E-state index contributed by atoms with van der Waals surface area (Å²) in [4.78, 5) is 0. The van der Waals surface area contributed by atoms with Crippen molar-refractivity contribution in [2.75, 3.05) is 0 Å². The van der Waals surface area contributed by atoms with Crippen molar-refractivity contribution in [2.45, 2.75) is 0 Å². The van der Waals surface area contributed by atoms with E-state index in [1.165, 1.54) is 108 Å². The highest BCUT2D eigenvalue weighted by molar-refractivity contribution is 7.27. The van der Waals surface area contributed by atoms with Crippen molar-refractivity contribution in [1.82, 2.24) is 0 Å². The lowest BCUT2D eigenvalue weighted by Crippen LogP contribution is -1.91. The molecule has 0 bridgehead atoms. The number of thiophene rings is 1. The Bertz CT molecular complexity index is 3160. The van der Waals surface area contributed by atoms with Gasteiger partial charge in [-0.1, -0.05) is 170 Å². The topological polar surface area (TPSA) is 0 Å². The maximum Gasteiger partial charge on any atom is 0.0440 e. The van der Waals surface area contributed by atoms with E-state index in [4.69, 9.17) is 0 Å².